The number of carbonyl (C=O) groups is 1. The molecule has 20 heavy (non-hydrogen) atoms. The highest BCUT2D eigenvalue weighted by molar-refractivity contribution is 7.89. The second-order valence-corrected chi connectivity index (χ2v) is 6.30. The summed E-state index contributed by atoms with van der Waals surface area (Å²) >= 11 is 5.68. The number of aliphatic hydroxyl groups is 1. The number of carboxylic acid groups (broad SMARTS) is 1. The Morgan fingerprint density at radius 2 is 1.95 bits per heavy atom. The van der Waals surface area contributed by atoms with Gasteiger partial charge in [0.05, 0.1) is 15.5 Å². The zero-order chi connectivity index (χ0) is 15.2. The molecule has 0 aliphatic rings. The van der Waals surface area contributed by atoms with Crippen molar-refractivity contribution in [1.82, 2.24) is 4.72 Å². The Labute approximate surface area is 122 Å². The number of halogens is 1. The summed E-state index contributed by atoms with van der Waals surface area (Å²) in [5.41, 5.74) is -0.255. The molecule has 0 amide bonds. The number of hydrogen-bond acceptors (Lipinski definition) is 4. The number of aromatic carboxylic acids is 1. The number of aliphatic hydroxyl groups excluding tert-OH is 1. The molecule has 8 heteroatoms. The molecule has 0 aromatic heterocycles. The Kier molecular flexibility index (Phi) is 6.41. The number of hydrogen-bond donors (Lipinski definition) is 3. The highest BCUT2D eigenvalue weighted by Gasteiger charge is 2.17. The Morgan fingerprint density at radius 3 is 2.55 bits per heavy atom. The molecule has 6 nitrogen and oxygen atoms in total. The first-order valence-electron chi connectivity index (χ1n) is 6.02. The number of carboxylic acids is 1. The lowest BCUT2D eigenvalue weighted by molar-refractivity contribution is 0.0697. The highest BCUT2D eigenvalue weighted by Crippen LogP contribution is 2.20. The number of benzene rings is 1. The van der Waals surface area contributed by atoms with Crippen LogP contribution in [0.25, 0.3) is 0 Å². The lowest BCUT2D eigenvalue weighted by atomic mass is 10.2. The zero-order valence-electron chi connectivity index (χ0n) is 10.7. The molecule has 0 atom stereocenters. The largest absolute Gasteiger partial charge is 0.478 e. The van der Waals surface area contributed by atoms with Gasteiger partial charge in [0.15, 0.2) is 0 Å². The van der Waals surface area contributed by atoms with Gasteiger partial charge in [-0.1, -0.05) is 11.6 Å². The van der Waals surface area contributed by atoms with Crippen molar-refractivity contribution in [3.63, 3.8) is 0 Å². The Hall–Kier alpha value is -1.15. The average molecular weight is 322 g/mol. The van der Waals surface area contributed by atoms with Crippen LogP contribution in [-0.2, 0) is 10.0 Å². The minimum atomic E-state index is -3.75. The number of rotatable bonds is 8. The van der Waals surface area contributed by atoms with Gasteiger partial charge in [0, 0.05) is 13.2 Å². The van der Waals surface area contributed by atoms with E-state index in [1.54, 1.807) is 0 Å². The minimum absolute atomic E-state index is 0.0144. The number of unbranched alkanes of at least 4 members (excludes halogenated alkanes) is 2. The van der Waals surface area contributed by atoms with Gasteiger partial charge in [-0.15, -0.1) is 0 Å². The topological polar surface area (TPSA) is 104 Å². The molecule has 0 saturated heterocycles. The van der Waals surface area contributed by atoms with Gasteiger partial charge in [0.2, 0.25) is 10.0 Å². The predicted octanol–water partition coefficient (Wildman–Crippen LogP) is 1.48. The normalized spacial score (nSPS) is 11.5. The molecule has 0 unspecified atom stereocenters. The van der Waals surface area contributed by atoms with E-state index in [1.165, 1.54) is 12.1 Å². The monoisotopic (exact) mass is 321 g/mol. The molecule has 112 valence electrons. The van der Waals surface area contributed by atoms with E-state index in [2.05, 4.69) is 4.72 Å². The smallest absolute Gasteiger partial charge is 0.337 e. The van der Waals surface area contributed by atoms with Crippen LogP contribution in [0.2, 0.25) is 5.02 Å². The molecule has 1 aromatic rings. The van der Waals surface area contributed by atoms with Gasteiger partial charge >= 0.3 is 5.97 Å². The first-order valence-corrected chi connectivity index (χ1v) is 7.88. The van der Waals surface area contributed by atoms with E-state index in [9.17, 15) is 13.2 Å². The van der Waals surface area contributed by atoms with Crippen LogP contribution < -0.4 is 4.72 Å². The first kappa shape index (κ1) is 16.9. The number of sulfonamides is 1. The third-order valence-corrected chi connectivity index (χ3v) is 4.39. The summed E-state index contributed by atoms with van der Waals surface area (Å²) in [6.07, 6.45) is 1.92. The molecule has 0 fully saturated rings. The van der Waals surface area contributed by atoms with Crippen molar-refractivity contribution in [3.8, 4) is 0 Å². The van der Waals surface area contributed by atoms with Crippen LogP contribution in [0.15, 0.2) is 23.1 Å². The van der Waals surface area contributed by atoms with Crippen LogP contribution in [0.4, 0.5) is 0 Å². The van der Waals surface area contributed by atoms with Crippen molar-refractivity contribution in [2.45, 2.75) is 24.2 Å². The van der Waals surface area contributed by atoms with Gasteiger partial charge in [-0.2, -0.15) is 0 Å². The maximum absolute atomic E-state index is 12.0. The van der Waals surface area contributed by atoms with Gasteiger partial charge in [0.1, 0.15) is 0 Å². The molecule has 0 spiro atoms. The third kappa shape index (κ3) is 4.75. The quantitative estimate of drug-likeness (QED) is 0.629. The van der Waals surface area contributed by atoms with E-state index >= 15 is 0 Å². The molecule has 0 aliphatic heterocycles. The van der Waals surface area contributed by atoms with Crippen LogP contribution in [0.1, 0.15) is 29.6 Å². The molecular weight excluding hydrogens is 306 g/mol. The predicted molar refractivity (Wildman–Crippen MR) is 74.5 cm³/mol. The molecule has 0 bridgehead atoms. The Balaban J connectivity index is 2.77. The summed E-state index contributed by atoms with van der Waals surface area (Å²) in [7, 11) is -3.75. The van der Waals surface area contributed by atoms with Crippen LogP contribution in [-0.4, -0.2) is 37.8 Å². The second-order valence-electron chi connectivity index (χ2n) is 4.13. The lowest BCUT2D eigenvalue weighted by Gasteiger charge is -2.08. The molecule has 0 saturated carbocycles. The summed E-state index contributed by atoms with van der Waals surface area (Å²) in [6.45, 7) is 0.305. The molecule has 0 heterocycles. The Bertz CT molecular complexity index is 573. The molecule has 1 rings (SSSR count). The fraction of sp³-hybridized carbons (Fsp3) is 0.417. The van der Waals surface area contributed by atoms with Gasteiger partial charge < -0.3 is 10.2 Å². The van der Waals surface area contributed by atoms with Gasteiger partial charge in [-0.25, -0.2) is 17.9 Å². The van der Waals surface area contributed by atoms with Crippen molar-refractivity contribution in [2.24, 2.45) is 0 Å². The summed E-state index contributed by atoms with van der Waals surface area (Å²) in [5.74, 6) is -1.28. The van der Waals surface area contributed by atoms with E-state index < -0.39 is 16.0 Å². The molecule has 0 radical (unpaired) electrons. The van der Waals surface area contributed by atoms with Gasteiger partial charge in [-0.05, 0) is 37.5 Å². The van der Waals surface area contributed by atoms with E-state index in [1.807, 2.05) is 0 Å². The summed E-state index contributed by atoms with van der Waals surface area (Å²) in [5, 5.41) is 17.5. The van der Waals surface area contributed by atoms with Gasteiger partial charge in [0.25, 0.3) is 0 Å². The Morgan fingerprint density at radius 1 is 1.25 bits per heavy atom. The maximum atomic E-state index is 12.0. The molecule has 3 N–H and O–H groups in total. The van der Waals surface area contributed by atoms with E-state index in [0.29, 0.717) is 19.3 Å². The van der Waals surface area contributed by atoms with Crippen LogP contribution in [0.3, 0.4) is 0 Å². The van der Waals surface area contributed by atoms with Crippen LogP contribution >= 0.6 is 11.6 Å². The zero-order valence-corrected chi connectivity index (χ0v) is 12.2. The van der Waals surface area contributed by atoms with Crippen molar-refractivity contribution in [2.75, 3.05) is 13.2 Å². The van der Waals surface area contributed by atoms with E-state index in [0.717, 1.165) is 6.07 Å². The van der Waals surface area contributed by atoms with Crippen LogP contribution in [0.5, 0.6) is 0 Å². The molecular formula is C12H16ClNO5S. The summed E-state index contributed by atoms with van der Waals surface area (Å²) < 4.78 is 26.3. The number of nitrogens with one attached hydrogen (secondary N) is 1. The molecule has 1 aromatic carbocycles. The standard InChI is InChI=1S/C12H16ClNO5S/c13-11-5-4-9(8-10(11)12(16)17)20(18,19)14-6-2-1-3-7-15/h4-5,8,14-15H,1-3,6-7H2,(H,16,17). The first-order chi connectivity index (χ1) is 9.38. The van der Waals surface area contributed by atoms with Crippen molar-refractivity contribution in [1.29, 1.82) is 0 Å². The minimum Gasteiger partial charge on any atom is -0.478 e. The SMILES string of the molecule is O=C(O)c1cc(S(=O)(=O)NCCCCCO)ccc1Cl. The van der Waals surface area contributed by atoms with Crippen molar-refractivity contribution >= 4 is 27.6 Å². The van der Waals surface area contributed by atoms with E-state index in [4.69, 9.17) is 21.8 Å². The van der Waals surface area contributed by atoms with E-state index in [-0.39, 0.29) is 28.6 Å². The lowest BCUT2D eigenvalue weighted by Crippen LogP contribution is -2.25. The second kappa shape index (κ2) is 7.58. The summed E-state index contributed by atoms with van der Waals surface area (Å²) in [6, 6.07) is 3.52. The van der Waals surface area contributed by atoms with Crippen LogP contribution in [0, 0.1) is 0 Å². The fourth-order valence-corrected chi connectivity index (χ4v) is 2.84. The highest BCUT2D eigenvalue weighted by atomic mass is 35.5. The maximum Gasteiger partial charge on any atom is 0.337 e. The fourth-order valence-electron chi connectivity index (χ4n) is 1.54. The average Bonchev–Trinajstić information content (AvgIpc) is 2.38. The summed E-state index contributed by atoms with van der Waals surface area (Å²) in [4.78, 5) is 10.8. The van der Waals surface area contributed by atoms with Crippen molar-refractivity contribution in [3.05, 3.63) is 28.8 Å². The van der Waals surface area contributed by atoms with Gasteiger partial charge in [-0.3, -0.25) is 0 Å². The third-order valence-electron chi connectivity index (χ3n) is 2.61. The van der Waals surface area contributed by atoms with Crippen molar-refractivity contribution < 1.29 is 23.4 Å². The molecule has 0 aliphatic carbocycles.